The molecule has 1 fully saturated rings. The van der Waals surface area contributed by atoms with Crippen LogP contribution in [0.1, 0.15) is 53.4 Å². The third kappa shape index (κ3) is 3.98. The lowest BCUT2D eigenvalue weighted by atomic mass is 9.87. The highest BCUT2D eigenvalue weighted by molar-refractivity contribution is 5.76. The van der Waals surface area contributed by atoms with Gasteiger partial charge in [0.2, 0.25) is 5.91 Å². The zero-order valence-electron chi connectivity index (χ0n) is 11.9. The maximum absolute atomic E-state index is 11.8. The summed E-state index contributed by atoms with van der Waals surface area (Å²) in [5.41, 5.74) is 0.401. The molecule has 1 aliphatic rings. The van der Waals surface area contributed by atoms with Crippen LogP contribution in [0.25, 0.3) is 0 Å². The molecular weight excluding hydrogens is 212 g/mol. The Labute approximate surface area is 106 Å². The van der Waals surface area contributed by atoms with E-state index < -0.39 is 0 Å². The summed E-state index contributed by atoms with van der Waals surface area (Å²) in [5.74, 6) is 0.276. The van der Waals surface area contributed by atoms with Gasteiger partial charge in [-0.15, -0.1) is 0 Å². The van der Waals surface area contributed by atoms with Gasteiger partial charge in [0, 0.05) is 32.1 Å². The zero-order valence-corrected chi connectivity index (χ0v) is 11.9. The first kappa shape index (κ1) is 14.5. The van der Waals surface area contributed by atoms with Crippen LogP contribution < -0.4 is 5.32 Å². The lowest BCUT2D eigenvalue weighted by Gasteiger charge is -2.28. The number of carbonyl (C=O) groups is 1. The summed E-state index contributed by atoms with van der Waals surface area (Å²) < 4.78 is 0. The van der Waals surface area contributed by atoms with Crippen molar-refractivity contribution in [2.75, 3.05) is 19.6 Å². The van der Waals surface area contributed by atoms with E-state index >= 15 is 0 Å². The molecule has 1 saturated carbocycles. The Kier molecular flexibility index (Phi) is 5.44. The molecule has 0 heterocycles. The Morgan fingerprint density at radius 2 is 2.00 bits per heavy atom. The fourth-order valence-corrected chi connectivity index (χ4v) is 2.79. The van der Waals surface area contributed by atoms with E-state index in [1.54, 1.807) is 0 Å². The quantitative estimate of drug-likeness (QED) is 0.773. The molecule has 0 aromatic carbocycles. The minimum atomic E-state index is 0.276. The first-order valence-corrected chi connectivity index (χ1v) is 7.02. The molecule has 1 aliphatic carbocycles. The van der Waals surface area contributed by atoms with E-state index in [0.29, 0.717) is 17.9 Å². The molecule has 3 nitrogen and oxygen atoms in total. The average molecular weight is 240 g/mol. The van der Waals surface area contributed by atoms with E-state index in [2.05, 4.69) is 19.2 Å². The predicted octanol–water partition coefficient (Wildman–Crippen LogP) is 2.41. The van der Waals surface area contributed by atoms with Gasteiger partial charge in [0.1, 0.15) is 0 Å². The van der Waals surface area contributed by atoms with Gasteiger partial charge < -0.3 is 10.2 Å². The highest BCUT2D eigenvalue weighted by atomic mass is 16.2. The number of hydrogen-bond acceptors (Lipinski definition) is 2. The zero-order chi connectivity index (χ0) is 12.9. The number of carbonyl (C=O) groups excluding carboxylic acids is 1. The van der Waals surface area contributed by atoms with Gasteiger partial charge in [-0.3, -0.25) is 4.79 Å². The highest BCUT2D eigenvalue weighted by Gasteiger charge is 2.33. The van der Waals surface area contributed by atoms with Crippen molar-refractivity contribution in [3.8, 4) is 0 Å². The van der Waals surface area contributed by atoms with E-state index in [1.807, 2.05) is 18.7 Å². The summed E-state index contributed by atoms with van der Waals surface area (Å²) in [6.45, 7) is 11.2. The van der Waals surface area contributed by atoms with Gasteiger partial charge >= 0.3 is 0 Å². The smallest absolute Gasteiger partial charge is 0.223 e. The molecule has 17 heavy (non-hydrogen) atoms. The van der Waals surface area contributed by atoms with Crippen LogP contribution in [-0.2, 0) is 4.79 Å². The number of amides is 1. The Hall–Kier alpha value is -0.570. The number of nitrogens with one attached hydrogen (secondary N) is 1. The maximum atomic E-state index is 11.8. The van der Waals surface area contributed by atoms with Crippen LogP contribution in [0.2, 0.25) is 0 Å². The van der Waals surface area contributed by atoms with Crippen molar-refractivity contribution in [1.29, 1.82) is 0 Å². The summed E-state index contributed by atoms with van der Waals surface area (Å²) in [6.07, 6.45) is 4.50. The number of hydrogen-bond donors (Lipinski definition) is 1. The first-order valence-electron chi connectivity index (χ1n) is 7.02. The van der Waals surface area contributed by atoms with Crippen LogP contribution in [0.15, 0.2) is 0 Å². The third-order valence-corrected chi connectivity index (χ3v) is 4.10. The molecule has 1 rings (SSSR count). The van der Waals surface area contributed by atoms with Crippen LogP contribution in [0.4, 0.5) is 0 Å². The minimum absolute atomic E-state index is 0.276. The lowest BCUT2D eigenvalue weighted by Crippen LogP contribution is -2.40. The van der Waals surface area contributed by atoms with E-state index in [-0.39, 0.29) is 5.91 Å². The topological polar surface area (TPSA) is 32.3 Å². The maximum Gasteiger partial charge on any atom is 0.223 e. The van der Waals surface area contributed by atoms with Crippen molar-refractivity contribution >= 4 is 5.91 Å². The Bertz CT molecular complexity index is 247. The first-order chi connectivity index (χ1) is 8.01. The van der Waals surface area contributed by atoms with E-state index in [4.69, 9.17) is 0 Å². The minimum Gasteiger partial charge on any atom is -0.343 e. The summed E-state index contributed by atoms with van der Waals surface area (Å²) in [5, 5.41) is 3.56. The summed E-state index contributed by atoms with van der Waals surface area (Å²) >= 11 is 0. The molecule has 0 bridgehead atoms. The van der Waals surface area contributed by atoms with Gasteiger partial charge in [-0.2, -0.15) is 0 Å². The van der Waals surface area contributed by atoms with Crippen LogP contribution in [0.5, 0.6) is 0 Å². The fourth-order valence-electron chi connectivity index (χ4n) is 2.79. The molecule has 1 amide bonds. The second-order valence-electron chi connectivity index (χ2n) is 5.70. The van der Waals surface area contributed by atoms with Gasteiger partial charge in [-0.1, -0.05) is 20.3 Å². The lowest BCUT2D eigenvalue weighted by molar-refractivity contribution is -0.130. The van der Waals surface area contributed by atoms with Crippen molar-refractivity contribution in [2.24, 2.45) is 5.41 Å². The largest absolute Gasteiger partial charge is 0.343 e. The van der Waals surface area contributed by atoms with Crippen LogP contribution in [-0.4, -0.2) is 36.5 Å². The van der Waals surface area contributed by atoms with Crippen molar-refractivity contribution in [2.45, 2.75) is 59.4 Å². The van der Waals surface area contributed by atoms with Gasteiger partial charge in [-0.05, 0) is 32.1 Å². The molecule has 1 atom stereocenters. The SMILES string of the molecule is CCN(CC)C(=O)CCNC1CCCC1(C)C. The fraction of sp³-hybridized carbons (Fsp3) is 0.929. The van der Waals surface area contributed by atoms with Crippen molar-refractivity contribution in [3.63, 3.8) is 0 Å². The standard InChI is InChI=1S/C14H28N2O/c1-5-16(6-2)13(17)9-11-15-12-8-7-10-14(12,3)4/h12,15H,5-11H2,1-4H3. The molecule has 100 valence electrons. The van der Waals surface area contributed by atoms with Crippen molar-refractivity contribution in [1.82, 2.24) is 10.2 Å². The average Bonchev–Trinajstić information content (AvgIpc) is 2.60. The highest BCUT2D eigenvalue weighted by Crippen LogP contribution is 2.36. The third-order valence-electron chi connectivity index (χ3n) is 4.10. The molecule has 0 aromatic rings. The normalized spacial score (nSPS) is 22.7. The number of rotatable bonds is 6. The van der Waals surface area contributed by atoms with Crippen LogP contribution >= 0.6 is 0 Å². The van der Waals surface area contributed by atoms with E-state index in [0.717, 1.165) is 19.6 Å². The van der Waals surface area contributed by atoms with E-state index in [1.165, 1.54) is 19.3 Å². The van der Waals surface area contributed by atoms with Gasteiger partial charge in [0.25, 0.3) is 0 Å². The van der Waals surface area contributed by atoms with Crippen LogP contribution in [0.3, 0.4) is 0 Å². The molecule has 0 saturated heterocycles. The Morgan fingerprint density at radius 3 is 2.47 bits per heavy atom. The summed E-state index contributed by atoms with van der Waals surface area (Å²) in [7, 11) is 0. The van der Waals surface area contributed by atoms with Crippen molar-refractivity contribution < 1.29 is 4.79 Å². The molecule has 0 spiro atoms. The van der Waals surface area contributed by atoms with Crippen LogP contribution in [0, 0.1) is 5.41 Å². The molecule has 0 aromatic heterocycles. The summed E-state index contributed by atoms with van der Waals surface area (Å²) in [6, 6.07) is 0.590. The predicted molar refractivity (Wildman–Crippen MR) is 72.0 cm³/mol. The molecule has 0 radical (unpaired) electrons. The van der Waals surface area contributed by atoms with E-state index in [9.17, 15) is 4.79 Å². The molecular formula is C14H28N2O. The van der Waals surface area contributed by atoms with Crippen molar-refractivity contribution in [3.05, 3.63) is 0 Å². The van der Waals surface area contributed by atoms with Gasteiger partial charge in [0.15, 0.2) is 0 Å². The Morgan fingerprint density at radius 1 is 1.35 bits per heavy atom. The molecule has 1 N–H and O–H groups in total. The monoisotopic (exact) mass is 240 g/mol. The molecule has 0 aliphatic heterocycles. The molecule has 1 unspecified atom stereocenters. The molecule has 3 heteroatoms. The number of nitrogens with zero attached hydrogens (tertiary/aromatic N) is 1. The van der Waals surface area contributed by atoms with Gasteiger partial charge in [-0.25, -0.2) is 0 Å². The second kappa shape index (κ2) is 6.39. The Balaban J connectivity index is 2.26. The summed E-state index contributed by atoms with van der Waals surface area (Å²) in [4.78, 5) is 13.7. The second-order valence-corrected chi connectivity index (χ2v) is 5.70. The van der Waals surface area contributed by atoms with Gasteiger partial charge in [0.05, 0.1) is 0 Å².